The van der Waals surface area contributed by atoms with Crippen molar-refractivity contribution in [1.29, 1.82) is 0 Å². The van der Waals surface area contributed by atoms with Gasteiger partial charge < -0.3 is 15.3 Å². The van der Waals surface area contributed by atoms with Crippen LogP contribution in [-0.4, -0.2) is 21.9 Å². The van der Waals surface area contributed by atoms with Gasteiger partial charge in [0, 0.05) is 6.61 Å². The van der Waals surface area contributed by atoms with E-state index in [0.29, 0.717) is 5.56 Å². The Morgan fingerprint density at radius 3 is 2.08 bits per heavy atom. The highest BCUT2D eigenvalue weighted by atomic mass is 16.3. The molecule has 1 rings (SSSR count). The number of phenols is 2. The lowest BCUT2D eigenvalue weighted by Crippen LogP contribution is -1.71. The van der Waals surface area contributed by atoms with E-state index in [9.17, 15) is 0 Å². The maximum atomic E-state index is 8.93. The Morgan fingerprint density at radius 1 is 1.25 bits per heavy atom. The highest BCUT2D eigenvalue weighted by Crippen LogP contribution is 2.19. The third-order valence-corrected chi connectivity index (χ3v) is 1.18. The van der Waals surface area contributed by atoms with Crippen molar-refractivity contribution in [2.45, 2.75) is 13.8 Å². The van der Waals surface area contributed by atoms with Crippen molar-refractivity contribution in [2.24, 2.45) is 0 Å². The summed E-state index contributed by atoms with van der Waals surface area (Å²) < 4.78 is 0. The van der Waals surface area contributed by atoms with Crippen LogP contribution in [0.15, 0.2) is 18.2 Å². The summed E-state index contributed by atoms with van der Waals surface area (Å²) in [6, 6.07) is 4.42. The van der Waals surface area contributed by atoms with Gasteiger partial charge in [-0.25, -0.2) is 0 Å². The summed E-state index contributed by atoms with van der Waals surface area (Å²) in [7, 11) is 0. The van der Waals surface area contributed by atoms with Crippen LogP contribution in [0.1, 0.15) is 12.5 Å². The third kappa shape index (κ3) is 3.83. The van der Waals surface area contributed by atoms with Crippen LogP contribution < -0.4 is 0 Å². The normalized spacial score (nSPS) is 8.58. The minimum atomic E-state index is 0.185. The molecule has 0 bridgehead atoms. The molecule has 0 aliphatic carbocycles. The number of aliphatic hydroxyl groups is 1. The van der Waals surface area contributed by atoms with Crippen molar-refractivity contribution in [3.8, 4) is 11.5 Å². The SMILES string of the molecule is CCO.Cc1cc(O)ccc1O. The molecule has 0 aromatic heterocycles. The Bertz CT molecular complexity index is 233. The minimum absolute atomic E-state index is 0.185. The van der Waals surface area contributed by atoms with Crippen LogP contribution in [0.2, 0.25) is 0 Å². The monoisotopic (exact) mass is 170 g/mol. The highest BCUT2D eigenvalue weighted by Gasteiger charge is 1.93. The predicted molar refractivity (Wildman–Crippen MR) is 47.3 cm³/mol. The molecule has 1 aromatic carbocycles. The van der Waals surface area contributed by atoms with Gasteiger partial charge >= 0.3 is 0 Å². The second-order valence-corrected chi connectivity index (χ2v) is 2.29. The topological polar surface area (TPSA) is 60.7 Å². The number of hydrogen-bond acceptors (Lipinski definition) is 3. The lowest BCUT2D eigenvalue weighted by molar-refractivity contribution is 0.318. The Hall–Kier alpha value is -1.22. The average molecular weight is 170 g/mol. The number of rotatable bonds is 0. The van der Waals surface area contributed by atoms with Crippen molar-refractivity contribution < 1.29 is 15.3 Å². The molecule has 0 aliphatic rings. The van der Waals surface area contributed by atoms with E-state index in [1.807, 2.05) is 0 Å². The zero-order valence-corrected chi connectivity index (χ0v) is 7.28. The van der Waals surface area contributed by atoms with Gasteiger partial charge in [0.15, 0.2) is 0 Å². The molecule has 0 unspecified atom stereocenters. The molecule has 3 nitrogen and oxygen atoms in total. The van der Waals surface area contributed by atoms with Gasteiger partial charge in [-0.15, -0.1) is 0 Å². The second-order valence-electron chi connectivity index (χ2n) is 2.29. The molecular weight excluding hydrogens is 156 g/mol. The molecule has 0 radical (unpaired) electrons. The van der Waals surface area contributed by atoms with E-state index in [-0.39, 0.29) is 18.1 Å². The number of aliphatic hydroxyl groups excluding tert-OH is 1. The first kappa shape index (κ1) is 10.8. The largest absolute Gasteiger partial charge is 0.508 e. The van der Waals surface area contributed by atoms with Gasteiger partial charge in [-0.05, 0) is 37.6 Å². The van der Waals surface area contributed by atoms with Crippen molar-refractivity contribution in [3.05, 3.63) is 23.8 Å². The summed E-state index contributed by atoms with van der Waals surface area (Å²) in [5, 5.41) is 25.3. The van der Waals surface area contributed by atoms with E-state index >= 15 is 0 Å². The van der Waals surface area contributed by atoms with Crippen LogP contribution in [0.4, 0.5) is 0 Å². The first-order valence-electron chi connectivity index (χ1n) is 3.71. The standard InChI is InChI=1S/C7H8O2.C2H6O/c1-5-4-6(8)2-3-7(5)9;1-2-3/h2-4,8-9H,1H3;3H,2H2,1H3. The summed E-state index contributed by atoms with van der Waals surface area (Å²) in [6.07, 6.45) is 0. The van der Waals surface area contributed by atoms with Gasteiger partial charge in [0.2, 0.25) is 0 Å². The number of aryl methyl sites for hydroxylation is 1. The van der Waals surface area contributed by atoms with Crippen molar-refractivity contribution in [3.63, 3.8) is 0 Å². The van der Waals surface area contributed by atoms with Crippen LogP contribution in [-0.2, 0) is 0 Å². The van der Waals surface area contributed by atoms with Crippen molar-refractivity contribution in [2.75, 3.05) is 6.61 Å². The lowest BCUT2D eigenvalue weighted by atomic mass is 10.2. The number of hydrogen-bond donors (Lipinski definition) is 3. The van der Waals surface area contributed by atoms with E-state index in [4.69, 9.17) is 15.3 Å². The molecule has 3 heteroatoms. The van der Waals surface area contributed by atoms with Gasteiger partial charge in [0.25, 0.3) is 0 Å². The van der Waals surface area contributed by atoms with Gasteiger partial charge in [-0.2, -0.15) is 0 Å². The molecule has 0 aliphatic heterocycles. The fraction of sp³-hybridized carbons (Fsp3) is 0.333. The Balaban J connectivity index is 0.000000354. The molecule has 0 fully saturated rings. The first-order chi connectivity index (χ1) is 5.61. The van der Waals surface area contributed by atoms with Crippen molar-refractivity contribution >= 4 is 0 Å². The molecule has 0 amide bonds. The van der Waals surface area contributed by atoms with Gasteiger partial charge in [0.1, 0.15) is 11.5 Å². The van der Waals surface area contributed by atoms with Gasteiger partial charge in [-0.1, -0.05) is 0 Å². The number of phenolic OH excluding ortho intramolecular Hbond substituents is 2. The zero-order valence-electron chi connectivity index (χ0n) is 7.28. The lowest BCUT2D eigenvalue weighted by Gasteiger charge is -1.96. The zero-order chi connectivity index (χ0) is 9.56. The molecule has 1 aromatic rings. The average Bonchev–Trinajstić information content (AvgIpc) is 1.99. The number of aromatic hydroxyl groups is 2. The summed E-state index contributed by atoms with van der Waals surface area (Å²) in [4.78, 5) is 0. The van der Waals surface area contributed by atoms with E-state index in [1.165, 1.54) is 18.2 Å². The second kappa shape index (κ2) is 5.43. The number of benzene rings is 1. The first-order valence-corrected chi connectivity index (χ1v) is 3.71. The Labute approximate surface area is 71.9 Å². The van der Waals surface area contributed by atoms with E-state index in [1.54, 1.807) is 13.8 Å². The van der Waals surface area contributed by atoms with Crippen LogP contribution in [0, 0.1) is 6.92 Å². The van der Waals surface area contributed by atoms with Crippen molar-refractivity contribution in [1.82, 2.24) is 0 Å². The smallest absolute Gasteiger partial charge is 0.118 e. The van der Waals surface area contributed by atoms with Crippen LogP contribution in [0.25, 0.3) is 0 Å². The Kier molecular flexibility index (Phi) is 4.88. The minimum Gasteiger partial charge on any atom is -0.508 e. The molecule has 0 saturated carbocycles. The molecule has 0 atom stereocenters. The van der Waals surface area contributed by atoms with Crippen LogP contribution in [0.5, 0.6) is 11.5 Å². The maximum absolute atomic E-state index is 8.93. The third-order valence-electron chi connectivity index (χ3n) is 1.18. The summed E-state index contributed by atoms with van der Waals surface area (Å²) in [5.41, 5.74) is 0.690. The molecule has 0 saturated heterocycles. The van der Waals surface area contributed by atoms with E-state index in [2.05, 4.69) is 0 Å². The predicted octanol–water partition coefficient (Wildman–Crippen LogP) is 1.40. The van der Waals surface area contributed by atoms with E-state index < -0.39 is 0 Å². The van der Waals surface area contributed by atoms with Gasteiger partial charge in [-0.3, -0.25) is 0 Å². The molecule has 12 heavy (non-hydrogen) atoms. The fourth-order valence-corrected chi connectivity index (χ4v) is 0.640. The molecule has 68 valence electrons. The van der Waals surface area contributed by atoms with Crippen LogP contribution >= 0.6 is 0 Å². The molecule has 3 N–H and O–H groups in total. The maximum Gasteiger partial charge on any atom is 0.118 e. The summed E-state index contributed by atoms with van der Waals surface area (Å²) in [6.45, 7) is 3.66. The molecular formula is C9H14O3. The fourth-order valence-electron chi connectivity index (χ4n) is 0.640. The molecule has 0 spiro atoms. The van der Waals surface area contributed by atoms with Gasteiger partial charge in [0.05, 0.1) is 0 Å². The highest BCUT2D eigenvalue weighted by molar-refractivity contribution is 5.37. The Morgan fingerprint density at radius 2 is 1.75 bits per heavy atom. The molecule has 0 heterocycles. The quantitative estimate of drug-likeness (QED) is 0.516. The summed E-state index contributed by atoms with van der Waals surface area (Å²) in [5.74, 6) is 0.401. The van der Waals surface area contributed by atoms with E-state index in [0.717, 1.165) is 0 Å². The summed E-state index contributed by atoms with van der Waals surface area (Å²) >= 11 is 0. The van der Waals surface area contributed by atoms with Crippen LogP contribution in [0.3, 0.4) is 0 Å².